The van der Waals surface area contributed by atoms with Crippen LogP contribution in [0.2, 0.25) is 0 Å². The zero-order chi connectivity index (χ0) is 17.2. The van der Waals surface area contributed by atoms with Gasteiger partial charge in [0.05, 0.1) is 0 Å². The number of guanidine groups is 1. The van der Waals surface area contributed by atoms with Gasteiger partial charge in [-0.3, -0.25) is 4.99 Å². The first kappa shape index (κ1) is 18.7. The number of nitrogens with one attached hydrogen (secondary N) is 2. The molecular weight excluding hydrogens is 303 g/mol. The zero-order valence-corrected chi connectivity index (χ0v) is 15.0. The Bertz CT molecular complexity index is 501. The zero-order valence-electron chi connectivity index (χ0n) is 15.0. The molecule has 1 aliphatic rings. The highest BCUT2D eigenvalue weighted by Gasteiger charge is 2.16. The van der Waals surface area contributed by atoms with Gasteiger partial charge in [-0.2, -0.15) is 0 Å². The highest BCUT2D eigenvalue weighted by molar-refractivity contribution is 5.79. The molecule has 1 heterocycles. The number of nitrogens with zero attached hydrogens (tertiary/aromatic N) is 2. The van der Waals surface area contributed by atoms with Crippen LogP contribution in [0.1, 0.15) is 38.2 Å². The lowest BCUT2D eigenvalue weighted by Crippen LogP contribution is -2.41. The summed E-state index contributed by atoms with van der Waals surface area (Å²) < 4.78 is 12.9. The summed E-state index contributed by atoms with van der Waals surface area (Å²) in [6.45, 7) is 6.45. The van der Waals surface area contributed by atoms with E-state index in [-0.39, 0.29) is 5.82 Å². The molecule has 0 aliphatic carbocycles. The van der Waals surface area contributed by atoms with E-state index in [0.717, 1.165) is 50.0 Å². The quantitative estimate of drug-likeness (QED) is 0.458. The molecule has 0 spiro atoms. The summed E-state index contributed by atoms with van der Waals surface area (Å²) in [7, 11) is 1.79. The number of piperidine rings is 1. The van der Waals surface area contributed by atoms with Crippen molar-refractivity contribution >= 4 is 5.96 Å². The van der Waals surface area contributed by atoms with Gasteiger partial charge in [0, 0.05) is 32.7 Å². The molecule has 0 aromatic heterocycles. The molecule has 1 aliphatic heterocycles. The van der Waals surface area contributed by atoms with Crippen LogP contribution in [-0.4, -0.2) is 50.1 Å². The second-order valence-corrected chi connectivity index (χ2v) is 6.54. The molecule has 1 fully saturated rings. The topological polar surface area (TPSA) is 39.7 Å². The molecule has 1 unspecified atom stereocenters. The van der Waals surface area contributed by atoms with E-state index in [1.165, 1.54) is 37.9 Å². The van der Waals surface area contributed by atoms with E-state index in [9.17, 15) is 4.39 Å². The summed E-state index contributed by atoms with van der Waals surface area (Å²) >= 11 is 0. The van der Waals surface area contributed by atoms with E-state index >= 15 is 0 Å². The average molecular weight is 334 g/mol. The molecule has 134 valence electrons. The molecular formula is C19H31FN4. The van der Waals surface area contributed by atoms with Crippen molar-refractivity contribution in [3.05, 3.63) is 35.6 Å². The number of hydrogen-bond acceptors (Lipinski definition) is 2. The van der Waals surface area contributed by atoms with Crippen LogP contribution in [0.5, 0.6) is 0 Å². The second-order valence-electron chi connectivity index (χ2n) is 6.54. The molecule has 1 aromatic carbocycles. The number of rotatable bonds is 7. The SMILES string of the molecule is CN=C(NCCCN1CCCCC1C)NCCc1ccc(F)cc1. The van der Waals surface area contributed by atoms with Crippen molar-refractivity contribution in [3.8, 4) is 0 Å². The fourth-order valence-corrected chi connectivity index (χ4v) is 3.18. The van der Waals surface area contributed by atoms with E-state index < -0.39 is 0 Å². The van der Waals surface area contributed by atoms with Crippen LogP contribution in [0.3, 0.4) is 0 Å². The van der Waals surface area contributed by atoms with Gasteiger partial charge in [-0.15, -0.1) is 0 Å². The fourth-order valence-electron chi connectivity index (χ4n) is 3.18. The molecule has 5 heteroatoms. The Morgan fingerprint density at radius 1 is 1.21 bits per heavy atom. The minimum Gasteiger partial charge on any atom is -0.356 e. The Morgan fingerprint density at radius 2 is 1.96 bits per heavy atom. The minimum atomic E-state index is -0.188. The highest BCUT2D eigenvalue weighted by atomic mass is 19.1. The normalized spacial score (nSPS) is 19.3. The van der Waals surface area contributed by atoms with Gasteiger partial charge in [0.1, 0.15) is 5.82 Å². The first-order chi connectivity index (χ1) is 11.7. The van der Waals surface area contributed by atoms with Crippen LogP contribution in [-0.2, 0) is 6.42 Å². The van der Waals surface area contributed by atoms with Gasteiger partial charge in [-0.05, 0) is 56.8 Å². The maximum atomic E-state index is 12.9. The van der Waals surface area contributed by atoms with Crippen LogP contribution < -0.4 is 10.6 Å². The first-order valence-electron chi connectivity index (χ1n) is 9.12. The Morgan fingerprint density at radius 3 is 2.67 bits per heavy atom. The standard InChI is InChI=1S/C19H31FN4/c1-16-6-3-4-14-24(16)15-5-12-22-19(21-2)23-13-11-17-7-9-18(20)10-8-17/h7-10,16H,3-6,11-15H2,1-2H3,(H2,21,22,23). The summed E-state index contributed by atoms with van der Waals surface area (Å²) in [5.41, 5.74) is 1.12. The van der Waals surface area contributed by atoms with E-state index in [1.807, 2.05) is 12.1 Å². The number of hydrogen-bond donors (Lipinski definition) is 2. The van der Waals surface area contributed by atoms with Crippen molar-refractivity contribution in [2.24, 2.45) is 4.99 Å². The molecule has 1 atom stereocenters. The summed E-state index contributed by atoms with van der Waals surface area (Å²) in [6, 6.07) is 7.39. The smallest absolute Gasteiger partial charge is 0.190 e. The lowest BCUT2D eigenvalue weighted by atomic mass is 10.0. The van der Waals surface area contributed by atoms with Gasteiger partial charge in [0.25, 0.3) is 0 Å². The molecule has 1 aromatic rings. The Labute approximate surface area is 145 Å². The third kappa shape index (κ3) is 6.48. The largest absolute Gasteiger partial charge is 0.356 e. The van der Waals surface area contributed by atoms with Gasteiger partial charge in [0.2, 0.25) is 0 Å². The van der Waals surface area contributed by atoms with Crippen molar-refractivity contribution < 1.29 is 4.39 Å². The molecule has 0 amide bonds. The van der Waals surface area contributed by atoms with Crippen molar-refractivity contribution in [2.75, 3.05) is 33.2 Å². The van der Waals surface area contributed by atoms with Crippen LogP contribution in [0, 0.1) is 5.82 Å². The predicted molar refractivity (Wildman–Crippen MR) is 99.0 cm³/mol. The van der Waals surface area contributed by atoms with Crippen molar-refractivity contribution in [1.29, 1.82) is 0 Å². The molecule has 4 nitrogen and oxygen atoms in total. The van der Waals surface area contributed by atoms with E-state index in [0.29, 0.717) is 0 Å². The number of aliphatic imine (C=N–C) groups is 1. The predicted octanol–water partition coefficient (Wildman–Crippen LogP) is 2.80. The third-order valence-electron chi connectivity index (χ3n) is 4.70. The summed E-state index contributed by atoms with van der Waals surface area (Å²) in [6.07, 6.45) is 6.03. The Balaban J connectivity index is 1.59. The monoisotopic (exact) mass is 334 g/mol. The van der Waals surface area contributed by atoms with Crippen LogP contribution in [0.15, 0.2) is 29.3 Å². The van der Waals surface area contributed by atoms with Crippen molar-refractivity contribution in [1.82, 2.24) is 15.5 Å². The number of benzene rings is 1. The van der Waals surface area contributed by atoms with Gasteiger partial charge >= 0.3 is 0 Å². The van der Waals surface area contributed by atoms with E-state index in [1.54, 1.807) is 7.05 Å². The number of halogens is 1. The molecule has 2 rings (SSSR count). The van der Waals surface area contributed by atoms with Crippen LogP contribution in [0.25, 0.3) is 0 Å². The first-order valence-corrected chi connectivity index (χ1v) is 9.12. The van der Waals surface area contributed by atoms with E-state index in [2.05, 4.69) is 27.4 Å². The maximum Gasteiger partial charge on any atom is 0.190 e. The van der Waals surface area contributed by atoms with Crippen LogP contribution >= 0.6 is 0 Å². The summed E-state index contributed by atoms with van der Waals surface area (Å²) in [5, 5.41) is 6.68. The van der Waals surface area contributed by atoms with Gasteiger partial charge in [-0.25, -0.2) is 4.39 Å². The highest BCUT2D eigenvalue weighted by Crippen LogP contribution is 2.15. The van der Waals surface area contributed by atoms with Gasteiger partial charge in [-0.1, -0.05) is 18.6 Å². The molecule has 0 bridgehead atoms. The summed E-state index contributed by atoms with van der Waals surface area (Å²) in [5.74, 6) is 0.649. The van der Waals surface area contributed by atoms with E-state index in [4.69, 9.17) is 0 Å². The average Bonchev–Trinajstić information content (AvgIpc) is 2.60. The Kier molecular flexibility index (Phi) is 8.02. The second kappa shape index (κ2) is 10.3. The van der Waals surface area contributed by atoms with Gasteiger partial charge < -0.3 is 15.5 Å². The van der Waals surface area contributed by atoms with Crippen LogP contribution in [0.4, 0.5) is 4.39 Å². The van der Waals surface area contributed by atoms with Gasteiger partial charge in [0.15, 0.2) is 5.96 Å². The number of likely N-dealkylation sites (tertiary alicyclic amines) is 1. The molecule has 24 heavy (non-hydrogen) atoms. The van der Waals surface area contributed by atoms with Crippen molar-refractivity contribution in [3.63, 3.8) is 0 Å². The molecule has 0 radical (unpaired) electrons. The van der Waals surface area contributed by atoms with Crippen molar-refractivity contribution in [2.45, 2.75) is 45.1 Å². The third-order valence-corrected chi connectivity index (χ3v) is 4.70. The lowest BCUT2D eigenvalue weighted by molar-refractivity contribution is 0.159. The lowest BCUT2D eigenvalue weighted by Gasteiger charge is -2.33. The molecule has 1 saturated heterocycles. The maximum absolute atomic E-state index is 12.9. The Hall–Kier alpha value is -1.62. The minimum absolute atomic E-state index is 0.188. The molecule has 2 N–H and O–H groups in total. The fraction of sp³-hybridized carbons (Fsp3) is 0.632. The summed E-state index contributed by atoms with van der Waals surface area (Å²) in [4.78, 5) is 6.85. The molecule has 0 saturated carbocycles.